The van der Waals surface area contributed by atoms with Gasteiger partial charge in [-0.25, -0.2) is 0 Å². The van der Waals surface area contributed by atoms with Gasteiger partial charge in [-0.3, -0.25) is 9.69 Å². The van der Waals surface area contributed by atoms with E-state index in [1.165, 1.54) is 16.5 Å². The molecule has 2 N–H and O–H groups in total. The minimum atomic E-state index is 0.157. The molecule has 1 amide bonds. The van der Waals surface area contributed by atoms with Gasteiger partial charge in [-0.05, 0) is 49.4 Å². The van der Waals surface area contributed by atoms with Crippen LogP contribution in [0.5, 0.6) is 0 Å². The number of hydrogen-bond acceptors (Lipinski definition) is 2. The Bertz CT molecular complexity index is 653. The van der Waals surface area contributed by atoms with E-state index in [1.54, 1.807) is 0 Å². The number of H-pyrrole nitrogens is 1. The molecule has 1 aromatic carbocycles. The average Bonchev–Trinajstić information content (AvgIpc) is 2.98. The SMILES string of the molecule is CC(C)CNC(=O)CN1CCC(c2c[nH]c3ccccc23)CC1. The molecule has 2 heterocycles. The molecule has 124 valence electrons. The van der Waals surface area contributed by atoms with Crippen molar-refractivity contribution in [3.63, 3.8) is 0 Å². The molecule has 1 aliphatic heterocycles. The van der Waals surface area contributed by atoms with Crippen molar-refractivity contribution in [2.45, 2.75) is 32.6 Å². The van der Waals surface area contributed by atoms with Crippen LogP contribution in [0.1, 0.15) is 38.2 Å². The second-order valence-corrected chi connectivity index (χ2v) is 7.04. The summed E-state index contributed by atoms with van der Waals surface area (Å²) < 4.78 is 0. The summed E-state index contributed by atoms with van der Waals surface area (Å²) in [5, 5.41) is 4.35. The number of aromatic nitrogens is 1. The van der Waals surface area contributed by atoms with Crippen LogP contribution in [0.4, 0.5) is 0 Å². The van der Waals surface area contributed by atoms with Crippen LogP contribution in [0.25, 0.3) is 10.9 Å². The van der Waals surface area contributed by atoms with Gasteiger partial charge in [0.2, 0.25) is 5.91 Å². The molecule has 1 aliphatic rings. The van der Waals surface area contributed by atoms with E-state index in [0.29, 0.717) is 18.4 Å². The number of carbonyl (C=O) groups is 1. The summed E-state index contributed by atoms with van der Waals surface area (Å²) in [4.78, 5) is 17.6. The molecule has 0 aliphatic carbocycles. The van der Waals surface area contributed by atoms with E-state index in [0.717, 1.165) is 32.5 Å². The highest BCUT2D eigenvalue weighted by Crippen LogP contribution is 2.32. The van der Waals surface area contributed by atoms with Gasteiger partial charge in [0.25, 0.3) is 0 Å². The van der Waals surface area contributed by atoms with Crippen LogP contribution in [0, 0.1) is 5.92 Å². The molecular weight excluding hydrogens is 286 g/mol. The van der Waals surface area contributed by atoms with Crippen molar-refractivity contribution in [2.75, 3.05) is 26.2 Å². The van der Waals surface area contributed by atoms with Crippen molar-refractivity contribution in [3.05, 3.63) is 36.0 Å². The van der Waals surface area contributed by atoms with Gasteiger partial charge in [0.05, 0.1) is 6.54 Å². The van der Waals surface area contributed by atoms with Crippen LogP contribution in [-0.2, 0) is 4.79 Å². The molecule has 3 rings (SSSR count). The molecule has 1 saturated heterocycles. The zero-order chi connectivity index (χ0) is 16.2. The van der Waals surface area contributed by atoms with Crippen LogP contribution in [0.3, 0.4) is 0 Å². The fourth-order valence-electron chi connectivity index (χ4n) is 3.41. The van der Waals surface area contributed by atoms with E-state index in [-0.39, 0.29) is 5.91 Å². The smallest absolute Gasteiger partial charge is 0.234 e. The summed E-state index contributed by atoms with van der Waals surface area (Å²) in [5.41, 5.74) is 2.66. The third-order valence-corrected chi connectivity index (χ3v) is 4.72. The number of para-hydroxylation sites is 1. The predicted molar refractivity (Wildman–Crippen MR) is 94.6 cm³/mol. The van der Waals surface area contributed by atoms with E-state index in [9.17, 15) is 4.79 Å². The molecule has 1 aromatic heterocycles. The molecule has 0 spiro atoms. The number of fused-ring (bicyclic) bond motifs is 1. The molecule has 2 aromatic rings. The summed E-state index contributed by atoms with van der Waals surface area (Å²) in [5.74, 6) is 1.26. The first kappa shape index (κ1) is 16.1. The van der Waals surface area contributed by atoms with Crippen LogP contribution in [0.15, 0.2) is 30.5 Å². The lowest BCUT2D eigenvalue weighted by molar-refractivity contribution is -0.122. The third kappa shape index (κ3) is 3.94. The summed E-state index contributed by atoms with van der Waals surface area (Å²) in [6.07, 6.45) is 4.42. The van der Waals surface area contributed by atoms with E-state index in [1.807, 2.05) is 0 Å². The quantitative estimate of drug-likeness (QED) is 0.891. The van der Waals surface area contributed by atoms with Crippen LogP contribution in [0.2, 0.25) is 0 Å². The van der Waals surface area contributed by atoms with Crippen molar-refractivity contribution in [2.24, 2.45) is 5.92 Å². The minimum absolute atomic E-state index is 0.157. The third-order valence-electron chi connectivity index (χ3n) is 4.72. The van der Waals surface area contributed by atoms with Crippen molar-refractivity contribution < 1.29 is 4.79 Å². The Labute approximate surface area is 138 Å². The number of aromatic amines is 1. The number of carbonyl (C=O) groups excluding carboxylic acids is 1. The van der Waals surface area contributed by atoms with Gasteiger partial charge in [-0.15, -0.1) is 0 Å². The summed E-state index contributed by atoms with van der Waals surface area (Å²) in [7, 11) is 0. The molecule has 0 saturated carbocycles. The van der Waals surface area contributed by atoms with E-state index in [2.05, 4.69) is 59.5 Å². The number of rotatable bonds is 5. The van der Waals surface area contributed by atoms with E-state index < -0.39 is 0 Å². The van der Waals surface area contributed by atoms with Gasteiger partial charge in [-0.2, -0.15) is 0 Å². The van der Waals surface area contributed by atoms with Crippen LogP contribution >= 0.6 is 0 Å². The van der Waals surface area contributed by atoms with Crippen LogP contribution < -0.4 is 5.32 Å². The van der Waals surface area contributed by atoms with E-state index in [4.69, 9.17) is 0 Å². The van der Waals surface area contributed by atoms with Gasteiger partial charge >= 0.3 is 0 Å². The maximum absolute atomic E-state index is 11.9. The van der Waals surface area contributed by atoms with E-state index >= 15 is 0 Å². The number of likely N-dealkylation sites (tertiary alicyclic amines) is 1. The maximum Gasteiger partial charge on any atom is 0.234 e. The average molecular weight is 313 g/mol. The molecule has 0 radical (unpaired) electrons. The first-order valence-electron chi connectivity index (χ1n) is 8.68. The molecule has 0 bridgehead atoms. The number of nitrogens with one attached hydrogen (secondary N) is 2. The summed E-state index contributed by atoms with van der Waals surface area (Å²) >= 11 is 0. The number of nitrogens with zero attached hydrogens (tertiary/aromatic N) is 1. The summed E-state index contributed by atoms with van der Waals surface area (Å²) in [6, 6.07) is 8.51. The lowest BCUT2D eigenvalue weighted by atomic mass is 9.89. The molecule has 1 fully saturated rings. The lowest BCUT2D eigenvalue weighted by Gasteiger charge is -2.31. The maximum atomic E-state index is 11.9. The first-order valence-corrected chi connectivity index (χ1v) is 8.68. The fraction of sp³-hybridized carbons (Fsp3) is 0.526. The molecule has 4 heteroatoms. The van der Waals surface area contributed by atoms with Gasteiger partial charge in [0.1, 0.15) is 0 Å². The highest BCUT2D eigenvalue weighted by molar-refractivity contribution is 5.83. The Morgan fingerprint density at radius 3 is 2.78 bits per heavy atom. The largest absolute Gasteiger partial charge is 0.361 e. The molecule has 0 atom stereocenters. The standard InChI is InChI=1S/C19H27N3O/c1-14(2)11-21-19(23)13-22-9-7-15(8-10-22)17-12-20-18-6-4-3-5-16(17)18/h3-6,12,14-15,20H,7-11,13H2,1-2H3,(H,21,23). The Morgan fingerprint density at radius 2 is 2.04 bits per heavy atom. The molecular formula is C19H27N3O. The number of piperidine rings is 1. The van der Waals surface area contributed by atoms with Gasteiger partial charge in [-0.1, -0.05) is 32.0 Å². The van der Waals surface area contributed by atoms with Crippen molar-refractivity contribution in [3.8, 4) is 0 Å². The Hall–Kier alpha value is -1.81. The topological polar surface area (TPSA) is 48.1 Å². The van der Waals surface area contributed by atoms with Crippen molar-refractivity contribution in [1.82, 2.24) is 15.2 Å². The highest BCUT2D eigenvalue weighted by atomic mass is 16.2. The Kier molecular flexibility index (Phi) is 5.01. The second kappa shape index (κ2) is 7.18. The van der Waals surface area contributed by atoms with Crippen molar-refractivity contribution in [1.29, 1.82) is 0 Å². The number of amides is 1. The molecule has 4 nitrogen and oxygen atoms in total. The Morgan fingerprint density at radius 1 is 1.30 bits per heavy atom. The molecule has 23 heavy (non-hydrogen) atoms. The number of benzene rings is 1. The van der Waals surface area contributed by atoms with Gasteiger partial charge in [0.15, 0.2) is 0 Å². The normalized spacial score (nSPS) is 17.0. The second-order valence-electron chi connectivity index (χ2n) is 7.04. The fourth-order valence-corrected chi connectivity index (χ4v) is 3.41. The zero-order valence-corrected chi connectivity index (χ0v) is 14.1. The lowest BCUT2D eigenvalue weighted by Crippen LogP contribution is -2.42. The van der Waals surface area contributed by atoms with Gasteiger partial charge < -0.3 is 10.3 Å². The molecule has 0 unspecified atom stereocenters. The summed E-state index contributed by atoms with van der Waals surface area (Å²) in [6.45, 7) is 7.54. The number of hydrogen-bond donors (Lipinski definition) is 2. The van der Waals surface area contributed by atoms with Crippen LogP contribution in [-0.4, -0.2) is 42.0 Å². The minimum Gasteiger partial charge on any atom is -0.361 e. The monoisotopic (exact) mass is 313 g/mol. The van der Waals surface area contributed by atoms with Gasteiger partial charge in [0, 0.05) is 23.6 Å². The highest BCUT2D eigenvalue weighted by Gasteiger charge is 2.23. The van der Waals surface area contributed by atoms with Crippen molar-refractivity contribution >= 4 is 16.8 Å². The first-order chi connectivity index (χ1) is 11.1. The predicted octanol–water partition coefficient (Wildman–Crippen LogP) is 3.12. The Balaban J connectivity index is 1.53. The zero-order valence-electron chi connectivity index (χ0n) is 14.1.